The first kappa shape index (κ1) is 15.7. The van der Waals surface area contributed by atoms with Crippen LogP contribution in [-0.4, -0.2) is 32.9 Å². The molecule has 0 aliphatic carbocycles. The maximum absolute atomic E-state index is 8.91. The van der Waals surface area contributed by atoms with Crippen LogP contribution in [0.15, 0.2) is 12.3 Å². The molecule has 108 valence electrons. The van der Waals surface area contributed by atoms with Gasteiger partial charge in [-0.3, -0.25) is 0 Å². The fourth-order valence-corrected chi connectivity index (χ4v) is 1.55. The number of aromatic nitrogens is 3. The molecule has 20 heavy (non-hydrogen) atoms. The zero-order valence-corrected chi connectivity index (χ0v) is 11.9. The molecule has 0 saturated carbocycles. The number of hydrogen-bond donors (Lipinski definition) is 2. The standard InChI is InChI=1S/C11H13N5O2.C2H6/c1-16-3-2-8-9(16)14-11(13)15-10(8)18-6-7(4-12)5-17;1-2/h2-3,7,17H,5-6H2,1H3,(H2,13,14,15);1-2H3. The molecule has 2 heterocycles. The topological polar surface area (TPSA) is 110 Å². The van der Waals surface area contributed by atoms with Crippen LogP contribution in [0.3, 0.4) is 0 Å². The van der Waals surface area contributed by atoms with Crippen molar-refractivity contribution in [2.75, 3.05) is 18.9 Å². The third-order valence-electron chi connectivity index (χ3n) is 2.53. The summed E-state index contributed by atoms with van der Waals surface area (Å²) in [5.41, 5.74) is 6.26. The fourth-order valence-electron chi connectivity index (χ4n) is 1.55. The van der Waals surface area contributed by atoms with Gasteiger partial charge in [0.15, 0.2) is 0 Å². The number of aliphatic hydroxyl groups excluding tert-OH is 1. The number of nitrogen functional groups attached to an aromatic ring is 1. The Balaban J connectivity index is 0.000000956. The van der Waals surface area contributed by atoms with Crippen molar-refractivity contribution in [3.63, 3.8) is 0 Å². The Morgan fingerprint density at radius 2 is 2.20 bits per heavy atom. The summed E-state index contributed by atoms with van der Waals surface area (Å²) in [4.78, 5) is 8.09. The molecule has 7 nitrogen and oxygen atoms in total. The number of hydrogen-bond acceptors (Lipinski definition) is 6. The van der Waals surface area contributed by atoms with Crippen LogP contribution in [0, 0.1) is 17.2 Å². The first-order valence-corrected chi connectivity index (χ1v) is 6.37. The van der Waals surface area contributed by atoms with Crippen molar-refractivity contribution < 1.29 is 9.84 Å². The van der Waals surface area contributed by atoms with Crippen molar-refractivity contribution in [3.05, 3.63) is 12.3 Å². The van der Waals surface area contributed by atoms with Gasteiger partial charge in [0, 0.05) is 13.2 Å². The van der Waals surface area contributed by atoms with Crippen LogP contribution >= 0.6 is 0 Å². The molecule has 0 aliphatic heterocycles. The minimum Gasteiger partial charge on any atom is -0.476 e. The minimum atomic E-state index is -0.583. The minimum absolute atomic E-state index is 0.0629. The summed E-state index contributed by atoms with van der Waals surface area (Å²) >= 11 is 0. The molecule has 3 N–H and O–H groups in total. The third-order valence-corrected chi connectivity index (χ3v) is 2.53. The number of nitrogens with zero attached hydrogens (tertiary/aromatic N) is 4. The fraction of sp³-hybridized carbons (Fsp3) is 0.462. The number of ether oxygens (including phenoxy) is 1. The average molecular weight is 277 g/mol. The van der Waals surface area contributed by atoms with Gasteiger partial charge < -0.3 is 20.1 Å². The number of aliphatic hydroxyl groups is 1. The average Bonchev–Trinajstić information content (AvgIpc) is 2.84. The number of nitrogens with two attached hydrogens (primary N) is 1. The summed E-state index contributed by atoms with van der Waals surface area (Å²) in [6.07, 6.45) is 1.82. The van der Waals surface area contributed by atoms with Gasteiger partial charge >= 0.3 is 0 Å². The molecular formula is C13H19N5O2. The number of fused-ring (bicyclic) bond motifs is 1. The van der Waals surface area contributed by atoms with Crippen molar-refractivity contribution in [2.24, 2.45) is 13.0 Å². The van der Waals surface area contributed by atoms with Gasteiger partial charge in [-0.05, 0) is 6.07 Å². The third kappa shape index (κ3) is 3.36. The summed E-state index contributed by atoms with van der Waals surface area (Å²) in [6, 6.07) is 3.74. The van der Waals surface area contributed by atoms with Crippen molar-refractivity contribution in [1.29, 1.82) is 5.26 Å². The lowest BCUT2D eigenvalue weighted by Crippen LogP contribution is -2.15. The summed E-state index contributed by atoms with van der Waals surface area (Å²) in [7, 11) is 1.84. The molecule has 0 aliphatic rings. The van der Waals surface area contributed by atoms with Gasteiger partial charge in [-0.25, -0.2) is 0 Å². The first-order valence-electron chi connectivity index (χ1n) is 6.37. The van der Waals surface area contributed by atoms with Crippen molar-refractivity contribution in [3.8, 4) is 11.9 Å². The van der Waals surface area contributed by atoms with Crippen LogP contribution in [0.1, 0.15) is 13.8 Å². The number of anilines is 1. The molecular weight excluding hydrogens is 258 g/mol. The molecule has 2 aromatic heterocycles. The molecule has 0 aromatic carbocycles. The van der Waals surface area contributed by atoms with E-state index in [1.165, 1.54) is 0 Å². The first-order chi connectivity index (χ1) is 9.65. The summed E-state index contributed by atoms with van der Waals surface area (Å²) in [5.74, 6) is -0.149. The van der Waals surface area contributed by atoms with Gasteiger partial charge in [-0.2, -0.15) is 15.2 Å². The number of nitriles is 1. The summed E-state index contributed by atoms with van der Waals surface area (Å²) < 4.78 is 7.23. The molecule has 2 aromatic rings. The molecule has 1 unspecified atom stereocenters. The van der Waals surface area contributed by atoms with Gasteiger partial charge in [0.05, 0.1) is 18.1 Å². The SMILES string of the molecule is CC.Cn1ccc2c(OCC(C#N)CO)nc(N)nc21. The Kier molecular flexibility index (Phi) is 5.74. The Morgan fingerprint density at radius 1 is 1.50 bits per heavy atom. The van der Waals surface area contributed by atoms with Crippen LogP contribution < -0.4 is 10.5 Å². The van der Waals surface area contributed by atoms with Gasteiger partial charge in [-0.1, -0.05) is 13.8 Å². The predicted octanol–water partition coefficient (Wildman–Crippen LogP) is 1.09. The zero-order valence-electron chi connectivity index (χ0n) is 11.9. The summed E-state index contributed by atoms with van der Waals surface area (Å²) in [6.45, 7) is 3.81. The Labute approximate surface area is 117 Å². The Bertz CT molecular complexity index is 603. The van der Waals surface area contributed by atoms with E-state index in [-0.39, 0.29) is 19.2 Å². The lowest BCUT2D eigenvalue weighted by atomic mass is 10.2. The highest BCUT2D eigenvalue weighted by atomic mass is 16.5. The van der Waals surface area contributed by atoms with Crippen LogP contribution in [0.2, 0.25) is 0 Å². The molecule has 7 heteroatoms. The van der Waals surface area contributed by atoms with E-state index in [0.717, 1.165) is 5.39 Å². The van der Waals surface area contributed by atoms with Gasteiger partial charge in [0.2, 0.25) is 11.8 Å². The zero-order chi connectivity index (χ0) is 15.1. The second-order valence-corrected chi connectivity index (χ2v) is 3.87. The maximum Gasteiger partial charge on any atom is 0.227 e. The van der Waals surface area contributed by atoms with Crippen molar-refractivity contribution >= 4 is 17.0 Å². The highest BCUT2D eigenvalue weighted by molar-refractivity contribution is 5.82. The van der Waals surface area contributed by atoms with E-state index in [1.807, 2.05) is 39.2 Å². The molecule has 0 radical (unpaired) electrons. The van der Waals surface area contributed by atoms with Crippen LogP contribution in [0.4, 0.5) is 5.95 Å². The Hall–Kier alpha value is -2.33. The summed E-state index contributed by atoms with van der Waals surface area (Å²) in [5, 5.41) is 18.4. The molecule has 1 atom stereocenters. The van der Waals surface area contributed by atoms with Crippen LogP contribution in [0.5, 0.6) is 5.88 Å². The normalized spacial score (nSPS) is 11.3. The van der Waals surface area contributed by atoms with E-state index < -0.39 is 5.92 Å². The van der Waals surface area contributed by atoms with Crippen LogP contribution in [-0.2, 0) is 7.05 Å². The monoisotopic (exact) mass is 277 g/mol. The van der Waals surface area contributed by atoms with E-state index in [4.69, 9.17) is 20.8 Å². The molecule has 0 bridgehead atoms. The highest BCUT2D eigenvalue weighted by Gasteiger charge is 2.13. The lowest BCUT2D eigenvalue weighted by Gasteiger charge is -2.09. The lowest BCUT2D eigenvalue weighted by molar-refractivity contribution is 0.192. The number of rotatable bonds is 4. The second kappa shape index (κ2) is 7.31. The second-order valence-electron chi connectivity index (χ2n) is 3.87. The van der Waals surface area contributed by atoms with Crippen molar-refractivity contribution in [2.45, 2.75) is 13.8 Å². The molecule has 0 fully saturated rings. The van der Waals surface area contributed by atoms with Gasteiger partial charge in [-0.15, -0.1) is 0 Å². The van der Waals surface area contributed by atoms with E-state index in [1.54, 1.807) is 4.57 Å². The highest BCUT2D eigenvalue weighted by Crippen LogP contribution is 2.24. The van der Waals surface area contributed by atoms with Crippen LogP contribution in [0.25, 0.3) is 11.0 Å². The molecule has 0 spiro atoms. The largest absolute Gasteiger partial charge is 0.476 e. The van der Waals surface area contributed by atoms with Gasteiger partial charge in [0.1, 0.15) is 18.2 Å². The van der Waals surface area contributed by atoms with E-state index >= 15 is 0 Å². The molecule has 2 rings (SSSR count). The predicted molar refractivity (Wildman–Crippen MR) is 76.0 cm³/mol. The Morgan fingerprint density at radius 3 is 2.80 bits per heavy atom. The number of aryl methyl sites for hydroxylation is 1. The maximum atomic E-state index is 8.91. The quantitative estimate of drug-likeness (QED) is 0.865. The van der Waals surface area contributed by atoms with E-state index in [9.17, 15) is 0 Å². The molecule has 0 saturated heterocycles. The smallest absolute Gasteiger partial charge is 0.227 e. The van der Waals surface area contributed by atoms with Crippen molar-refractivity contribution in [1.82, 2.24) is 14.5 Å². The van der Waals surface area contributed by atoms with E-state index in [2.05, 4.69) is 9.97 Å². The van der Waals surface area contributed by atoms with Gasteiger partial charge in [0.25, 0.3) is 0 Å². The van der Waals surface area contributed by atoms with E-state index in [0.29, 0.717) is 11.5 Å². The molecule has 0 amide bonds.